The monoisotopic (exact) mass is 483 g/mol. The minimum Gasteiger partial charge on any atom is -0.384 e. The standard InChI is InChI=1S/C22H25N7O4S/c1-33-10-11-34(31,32)28-9-7-15-13-23-18(12-16(15)14-28)22(30)25-19-5-2-4-17(24-19)21-27-26-20-6-3-8-29(20)21/h2,4-5,12-13H,3,6-11,14H2,1H3,(H,24,25,30). The smallest absolute Gasteiger partial charge is 0.275 e. The summed E-state index contributed by atoms with van der Waals surface area (Å²) in [6.07, 6.45) is 4.12. The first-order valence-electron chi connectivity index (χ1n) is 11.1. The lowest BCUT2D eigenvalue weighted by molar-refractivity contribution is 0.102. The van der Waals surface area contributed by atoms with Gasteiger partial charge in [-0.15, -0.1) is 10.2 Å². The summed E-state index contributed by atoms with van der Waals surface area (Å²) in [5.74, 6) is 1.52. The van der Waals surface area contributed by atoms with Gasteiger partial charge in [0.1, 0.15) is 23.0 Å². The largest absolute Gasteiger partial charge is 0.384 e. The molecule has 0 fully saturated rings. The van der Waals surface area contributed by atoms with Gasteiger partial charge < -0.3 is 14.6 Å². The second-order valence-corrected chi connectivity index (χ2v) is 10.4. The fraction of sp³-hybridized carbons (Fsp3) is 0.409. The third-order valence-corrected chi connectivity index (χ3v) is 7.84. The predicted octanol–water partition coefficient (Wildman–Crippen LogP) is 1.27. The van der Waals surface area contributed by atoms with Crippen LogP contribution in [-0.4, -0.2) is 69.4 Å². The Balaban J connectivity index is 1.32. The van der Waals surface area contributed by atoms with Gasteiger partial charge in [-0.05, 0) is 42.2 Å². The van der Waals surface area contributed by atoms with Gasteiger partial charge in [0.2, 0.25) is 10.0 Å². The van der Waals surface area contributed by atoms with Crippen molar-refractivity contribution >= 4 is 21.7 Å². The van der Waals surface area contributed by atoms with Crippen LogP contribution in [0.5, 0.6) is 0 Å². The number of carbonyl (C=O) groups is 1. The number of pyridine rings is 2. The summed E-state index contributed by atoms with van der Waals surface area (Å²) in [5, 5.41) is 11.2. The van der Waals surface area contributed by atoms with E-state index in [1.807, 2.05) is 10.6 Å². The van der Waals surface area contributed by atoms with Crippen molar-refractivity contribution in [1.82, 2.24) is 29.0 Å². The number of aromatic nitrogens is 5. The Hall–Kier alpha value is -3.22. The third kappa shape index (κ3) is 4.43. The molecule has 1 N–H and O–H groups in total. The zero-order valence-corrected chi connectivity index (χ0v) is 19.6. The molecule has 0 spiro atoms. The highest BCUT2D eigenvalue weighted by molar-refractivity contribution is 7.89. The minimum absolute atomic E-state index is 0.0749. The summed E-state index contributed by atoms with van der Waals surface area (Å²) >= 11 is 0. The quantitative estimate of drug-likeness (QED) is 0.531. The molecule has 11 nitrogen and oxygen atoms in total. The number of amides is 1. The van der Waals surface area contributed by atoms with Gasteiger partial charge in [-0.1, -0.05) is 6.07 Å². The van der Waals surface area contributed by atoms with E-state index in [4.69, 9.17) is 4.74 Å². The molecule has 3 aromatic heterocycles. The third-order valence-electron chi connectivity index (χ3n) is 6.06. The second-order valence-electron chi connectivity index (χ2n) is 8.29. The van der Waals surface area contributed by atoms with E-state index in [9.17, 15) is 13.2 Å². The van der Waals surface area contributed by atoms with Crippen molar-refractivity contribution in [2.75, 3.05) is 31.3 Å². The van der Waals surface area contributed by atoms with Crippen LogP contribution in [-0.2, 0) is 40.7 Å². The Morgan fingerprint density at radius 2 is 2.06 bits per heavy atom. The molecule has 34 heavy (non-hydrogen) atoms. The number of nitrogens with zero attached hydrogens (tertiary/aromatic N) is 6. The normalized spacial score (nSPS) is 15.7. The molecule has 178 valence electrons. The molecule has 5 heterocycles. The van der Waals surface area contributed by atoms with Crippen molar-refractivity contribution in [2.45, 2.75) is 32.4 Å². The summed E-state index contributed by atoms with van der Waals surface area (Å²) in [6, 6.07) is 6.99. The number of sulfonamides is 1. The average Bonchev–Trinajstić information content (AvgIpc) is 3.46. The molecule has 1 amide bonds. The van der Waals surface area contributed by atoms with E-state index < -0.39 is 15.9 Å². The molecule has 2 aliphatic heterocycles. The SMILES string of the molecule is COCCS(=O)(=O)N1CCc2cnc(C(=O)Nc3cccc(-c4nnc5n4CCC5)n3)cc2C1. The summed E-state index contributed by atoms with van der Waals surface area (Å²) < 4.78 is 33.5. The van der Waals surface area contributed by atoms with Gasteiger partial charge in [-0.3, -0.25) is 9.78 Å². The molecule has 0 saturated carbocycles. The Kier molecular flexibility index (Phi) is 6.11. The second kappa shape index (κ2) is 9.20. The van der Waals surface area contributed by atoms with Crippen LogP contribution in [0.2, 0.25) is 0 Å². The van der Waals surface area contributed by atoms with E-state index >= 15 is 0 Å². The first-order valence-corrected chi connectivity index (χ1v) is 12.7. The number of carbonyl (C=O) groups excluding carboxylic acids is 1. The van der Waals surface area contributed by atoms with Crippen LogP contribution in [0.15, 0.2) is 30.5 Å². The highest BCUT2D eigenvalue weighted by Crippen LogP contribution is 2.24. The first-order chi connectivity index (χ1) is 16.4. The predicted molar refractivity (Wildman–Crippen MR) is 124 cm³/mol. The number of ether oxygens (including phenoxy) is 1. The van der Waals surface area contributed by atoms with E-state index in [2.05, 4.69) is 25.5 Å². The maximum Gasteiger partial charge on any atom is 0.275 e. The van der Waals surface area contributed by atoms with E-state index in [0.717, 1.165) is 36.3 Å². The number of rotatable bonds is 7. The van der Waals surface area contributed by atoms with Crippen LogP contribution in [0.4, 0.5) is 5.82 Å². The first kappa shape index (κ1) is 22.6. The van der Waals surface area contributed by atoms with Gasteiger partial charge in [0.15, 0.2) is 5.82 Å². The zero-order chi connectivity index (χ0) is 23.7. The zero-order valence-electron chi connectivity index (χ0n) is 18.8. The van der Waals surface area contributed by atoms with Gasteiger partial charge in [0.25, 0.3) is 5.91 Å². The molecule has 5 rings (SSSR count). The fourth-order valence-electron chi connectivity index (χ4n) is 4.24. The molecule has 0 saturated heterocycles. The van der Waals surface area contributed by atoms with Crippen LogP contribution < -0.4 is 5.32 Å². The summed E-state index contributed by atoms with van der Waals surface area (Å²) in [7, 11) is -1.96. The van der Waals surface area contributed by atoms with Gasteiger partial charge >= 0.3 is 0 Å². The molecule has 0 radical (unpaired) electrons. The number of nitrogens with one attached hydrogen (secondary N) is 1. The molecule has 2 aliphatic rings. The number of anilines is 1. The van der Waals surface area contributed by atoms with Crippen molar-refractivity contribution in [2.24, 2.45) is 0 Å². The molecule has 0 atom stereocenters. The summed E-state index contributed by atoms with van der Waals surface area (Å²) in [6.45, 7) is 1.58. The summed E-state index contributed by atoms with van der Waals surface area (Å²) in [5.41, 5.74) is 2.54. The number of fused-ring (bicyclic) bond motifs is 2. The van der Waals surface area contributed by atoms with Crippen molar-refractivity contribution in [3.05, 3.63) is 53.1 Å². The molecule has 0 unspecified atom stereocenters. The Labute approximate surface area is 197 Å². The Morgan fingerprint density at radius 3 is 2.91 bits per heavy atom. The molecule has 3 aromatic rings. The van der Waals surface area contributed by atoms with Crippen LogP contribution in [0.25, 0.3) is 11.5 Å². The van der Waals surface area contributed by atoms with Crippen LogP contribution in [0.3, 0.4) is 0 Å². The van der Waals surface area contributed by atoms with E-state index in [0.29, 0.717) is 30.3 Å². The average molecular weight is 484 g/mol. The Bertz CT molecular complexity index is 1340. The van der Waals surface area contributed by atoms with Gasteiger partial charge in [0.05, 0.1) is 12.4 Å². The van der Waals surface area contributed by atoms with Crippen molar-refractivity contribution in [3.63, 3.8) is 0 Å². The molecular weight excluding hydrogens is 458 g/mol. The molecule has 0 aromatic carbocycles. The van der Waals surface area contributed by atoms with E-state index in [-0.39, 0.29) is 24.6 Å². The maximum atomic E-state index is 12.9. The number of aryl methyl sites for hydroxylation is 1. The number of hydrogen-bond acceptors (Lipinski definition) is 8. The highest BCUT2D eigenvalue weighted by Gasteiger charge is 2.27. The maximum absolute atomic E-state index is 12.9. The van der Waals surface area contributed by atoms with Crippen LogP contribution in [0.1, 0.15) is 33.9 Å². The lowest BCUT2D eigenvalue weighted by Gasteiger charge is -2.28. The van der Waals surface area contributed by atoms with Gasteiger partial charge in [-0.2, -0.15) is 4.31 Å². The fourth-order valence-corrected chi connectivity index (χ4v) is 5.58. The minimum atomic E-state index is -3.44. The summed E-state index contributed by atoms with van der Waals surface area (Å²) in [4.78, 5) is 21.7. The molecule has 12 heteroatoms. The van der Waals surface area contributed by atoms with Crippen molar-refractivity contribution in [1.29, 1.82) is 0 Å². The lowest BCUT2D eigenvalue weighted by atomic mass is 10.0. The van der Waals surface area contributed by atoms with Crippen LogP contribution >= 0.6 is 0 Å². The van der Waals surface area contributed by atoms with E-state index in [1.165, 1.54) is 11.4 Å². The molecule has 0 bridgehead atoms. The highest BCUT2D eigenvalue weighted by atomic mass is 32.2. The van der Waals surface area contributed by atoms with Gasteiger partial charge in [-0.25, -0.2) is 13.4 Å². The van der Waals surface area contributed by atoms with E-state index in [1.54, 1.807) is 24.4 Å². The van der Waals surface area contributed by atoms with Crippen molar-refractivity contribution in [3.8, 4) is 11.5 Å². The van der Waals surface area contributed by atoms with Crippen molar-refractivity contribution < 1.29 is 17.9 Å². The number of methoxy groups -OCH3 is 1. The van der Waals surface area contributed by atoms with Gasteiger partial charge in [0, 0.05) is 39.4 Å². The topological polar surface area (TPSA) is 132 Å². The lowest BCUT2D eigenvalue weighted by Crippen LogP contribution is -2.38. The molecule has 0 aliphatic carbocycles. The van der Waals surface area contributed by atoms with Crippen LogP contribution in [0, 0.1) is 0 Å². The Morgan fingerprint density at radius 1 is 1.18 bits per heavy atom. The number of hydrogen-bond donors (Lipinski definition) is 1. The molecular formula is C22H25N7O4S.